The van der Waals surface area contributed by atoms with Gasteiger partial charge in [0.1, 0.15) is 0 Å². The molecule has 2 aromatic heterocycles. The van der Waals surface area contributed by atoms with Gasteiger partial charge in [-0.2, -0.15) is 10.2 Å². The Labute approximate surface area is 317 Å². The minimum absolute atomic E-state index is 0.0201. The normalized spacial score (nSPS) is 15.2. The predicted octanol–water partition coefficient (Wildman–Crippen LogP) is 12.2. The van der Waals surface area contributed by atoms with E-state index >= 15 is 0 Å². The smallest absolute Gasteiger partial charge is 0.0777 e. The third-order valence-corrected chi connectivity index (χ3v) is 12.4. The summed E-state index contributed by atoms with van der Waals surface area (Å²) in [6.45, 7) is 23.3. The Morgan fingerprint density at radius 1 is 0.528 bits per heavy atom. The fourth-order valence-corrected chi connectivity index (χ4v) is 9.20. The molecule has 0 unspecified atom stereocenters. The molecule has 4 nitrogen and oxygen atoms in total. The number of fused-ring (bicyclic) bond motifs is 6. The lowest BCUT2D eigenvalue weighted by Crippen LogP contribution is -2.24. The SMILES string of the molecule is CC(C)CCc1cn(-c2ccc3c(c2)-c2ccccc2C3(C)C)nc1C(C)(C)c1nn(-c2ccc3c(c2)-c2ccccc2C3(C)C)cc1CCC(C)C. The van der Waals surface area contributed by atoms with Crippen molar-refractivity contribution < 1.29 is 0 Å². The van der Waals surface area contributed by atoms with Crippen LogP contribution in [0, 0.1) is 11.8 Å². The van der Waals surface area contributed by atoms with Gasteiger partial charge >= 0.3 is 0 Å². The van der Waals surface area contributed by atoms with Crippen LogP contribution in [0.4, 0.5) is 0 Å². The molecule has 0 N–H and O–H groups in total. The maximum atomic E-state index is 5.50. The Bertz CT molecular complexity index is 2180. The molecular formula is C49H56N4. The highest BCUT2D eigenvalue weighted by atomic mass is 15.3. The van der Waals surface area contributed by atoms with Crippen LogP contribution >= 0.6 is 0 Å². The lowest BCUT2D eigenvalue weighted by atomic mass is 9.80. The van der Waals surface area contributed by atoms with Gasteiger partial charge in [0.25, 0.3) is 0 Å². The molecule has 0 spiro atoms. The third kappa shape index (κ3) is 5.81. The molecule has 0 fully saturated rings. The number of hydrogen-bond acceptors (Lipinski definition) is 2. The zero-order valence-electron chi connectivity index (χ0n) is 33.5. The molecule has 6 aromatic rings. The molecule has 272 valence electrons. The van der Waals surface area contributed by atoms with Gasteiger partial charge in [-0.1, -0.05) is 116 Å². The molecule has 0 saturated carbocycles. The summed E-state index contributed by atoms with van der Waals surface area (Å²) in [5, 5.41) is 11.0. The Hall–Kier alpha value is -4.70. The topological polar surface area (TPSA) is 35.6 Å². The molecule has 2 heterocycles. The van der Waals surface area contributed by atoms with Crippen LogP contribution in [-0.4, -0.2) is 19.6 Å². The Balaban J connectivity index is 1.23. The van der Waals surface area contributed by atoms with Crippen LogP contribution in [0.15, 0.2) is 97.3 Å². The van der Waals surface area contributed by atoms with Crippen molar-refractivity contribution in [3.05, 3.63) is 142 Å². The maximum Gasteiger partial charge on any atom is 0.0777 e. The highest BCUT2D eigenvalue weighted by molar-refractivity contribution is 5.83. The maximum absolute atomic E-state index is 5.50. The fraction of sp³-hybridized carbons (Fsp3) is 0.388. The lowest BCUT2D eigenvalue weighted by Gasteiger charge is -2.24. The highest BCUT2D eigenvalue weighted by Crippen LogP contribution is 2.50. The minimum Gasteiger partial charge on any atom is -0.240 e. The van der Waals surface area contributed by atoms with E-state index in [0.29, 0.717) is 11.8 Å². The van der Waals surface area contributed by atoms with Gasteiger partial charge in [0, 0.05) is 23.2 Å². The molecule has 0 aliphatic heterocycles. The summed E-state index contributed by atoms with van der Waals surface area (Å²) < 4.78 is 4.29. The number of hydrogen-bond donors (Lipinski definition) is 0. The van der Waals surface area contributed by atoms with Gasteiger partial charge < -0.3 is 0 Å². The molecule has 0 radical (unpaired) electrons. The zero-order valence-corrected chi connectivity index (χ0v) is 33.5. The van der Waals surface area contributed by atoms with Gasteiger partial charge in [-0.15, -0.1) is 0 Å². The molecule has 0 saturated heterocycles. The first-order valence-corrected chi connectivity index (χ1v) is 19.9. The molecule has 4 heteroatoms. The molecule has 0 bridgehead atoms. The Kier molecular flexibility index (Phi) is 8.48. The average Bonchev–Trinajstić information content (AvgIpc) is 3.88. The van der Waals surface area contributed by atoms with Gasteiger partial charge in [-0.05, 0) is 131 Å². The van der Waals surface area contributed by atoms with E-state index < -0.39 is 5.41 Å². The second-order valence-corrected chi connectivity index (χ2v) is 18.2. The summed E-state index contributed by atoms with van der Waals surface area (Å²) in [5.41, 5.74) is 17.5. The van der Waals surface area contributed by atoms with Crippen molar-refractivity contribution in [3.63, 3.8) is 0 Å². The van der Waals surface area contributed by atoms with Crippen molar-refractivity contribution in [1.82, 2.24) is 19.6 Å². The fourth-order valence-electron chi connectivity index (χ4n) is 9.20. The van der Waals surface area contributed by atoms with Crippen molar-refractivity contribution in [1.29, 1.82) is 0 Å². The van der Waals surface area contributed by atoms with E-state index in [2.05, 4.69) is 176 Å². The second kappa shape index (κ2) is 12.7. The summed E-state index contributed by atoms with van der Waals surface area (Å²) >= 11 is 0. The summed E-state index contributed by atoms with van der Waals surface area (Å²) in [6.07, 6.45) is 8.80. The van der Waals surface area contributed by atoms with Crippen molar-refractivity contribution in [2.24, 2.45) is 11.8 Å². The van der Waals surface area contributed by atoms with Gasteiger partial charge in [-0.25, -0.2) is 9.36 Å². The van der Waals surface area contributed by atoms with Crippen LogP contribution in [0.25, 0.3) is 33.6 Å². The van der Waals surface area contributed by atoms with Crippen LogP contribution in [0.3, 0.4) is 0 Å². The summed E-state index contributed by atoms with van der Waals surface area (Å²) in [4.78, 5) is 0. The van der Waals surface area contributed by atoms with Crippen molar-refractivity contribution >= 4 is 0 Å². The molecular weight excluding hydrogens is 645 g/mol. The van der Waals surface area contributed by atoms with Crippen LogP contribution in [0.1, 0.15) is 127 Å². The van der Waals surface area contributed by atoms with Gasteiger partial charge in [0.15, 0.2) is 0 Å². The molecule has 2 aliphatic rings. The van der Waals surface area contributed by atoms with Gasteiger partial charge in [-0.3, -0.25) is 0 Å². The summed E-state index contributed by atoms with van der Waals surface area (Å²) in [7, 11) is 0. The largest absolute Gasteiger partial charge is 0.240 e. The number of benzene rings is 4. The highest BCUT2D eigenvalue weighted by Gasteiger charge is 2.38. The quantitative estimate of drug-likeness (QED) is 0.143. The molecule has 4 aromatic carbocycles. The Morgan fingerprint density at radius 2 is 0.906 bits per heavy atom. The van der Waals surface area contributed by atoms with Gasteiger partial charge in [0.05, 0.1) is 28.2 Å². The zero-order chi connectivity index (χ0) is 37.4. The Morgan fingerprint density at radius 3 is 1.30 bits per heavy atom. The first kappa shape index (κ1) is 35.3. The van der Waals surface area contributed by atoms with E-state index in [1.54, 1.807) is 0 Å². The third-order valence-electron chi connectivity index (χ3n) is 12.4. The van der Waals surface area contributed by atoms with Crippen molar-refractivity contribution in [2.75, 3.05) is 0 Å². The van der Waals surface area contributed by atoms with Crippen LogP contribution in [-0.2, 0) is 29.1 Å². The average molecular weight is 701 g/mol. The first-order valence-electron chi connectivity index (χ1n) is 19.9. The molecule has 8 rings (SSSR count). The molecule has 0 amide bonds. The van der Waals surface area contributed by atoms with Crippen molar-refractivity contribution in [3.8, 4) is 33.6 Å². The van der Waals surface area contributed by atoms with E-state index in [1.807, 2.05) is 0 Å². The standard InChI is InChI=1S/C49H56N4/c1-31(2)19-21-33-29-52(35-23-25-43-39(27-35)37-15-11-13-17-41(37)47(43,5)6)50-45(33)49(9,10)46-34(22-20-32(3)4)30-53(51-46)36-24-26-44-40(28-36)38-16-12-14-18-42(38)48(44,7)8/h11-18,23-32H,19-22H2,1-10H3. The van der Waals surface area contributed by atoms with E-state index in [4.69, 9.17) is 10.2 Å². The number of rotatable bonds is 10. The molecule has 2 aliphatic carbocycles. The van der Waals surface area contributed by atoms with Crippen molar-refractivity contribution in [2.45, 2.75) is 111 Å². The lowest BCUT2D eigenvalue weighted by molar-refractivity contribution is 0.542. The second-order valence-electron chi connectivity index (χ2n) is 18.2. The number of aryl methyl sites for hydroxylation is 2. The van der Waals surface area contributed by atoms with Crippen LogP contribution in [0.5, 0.6) is 0 Å². The van der Waals surface area contributed by atoms with E-state index in [9.17, 15) is 0 Å². The monoisotopic (exact) mass is 700 g/mol. The van der Waals surface area contributed by atoms with E-state index in [1.165, 1.54) is 55.6 Å². The number of aromatic nitrogens is 4. The van der Waals surface area contributed by atoms with Gasteiger partial charge in [0.2, 0.25) is 0 Å². The predicted molar refractivity (Wildman–Crippen MR) is 221 cm³/mol. The minimum atomic E-state index is -0.411. The van der Waals surface area contributed by atoms with E-state index in [0.717, 1.165) is 48.4 Å². The summed E-state index contributed by atoms with van der Waals surface area (Å²) in [6, 6.07) is 31.6. The van der Waals surface area contributed by atoms with Crippen LogP contribution < -0.4 is 0 Å². The number of nitrogens with zero attached hydrogens (tertiary/aromatic N) is 4. The molecule has 0 atom stereocenters. The first-order chi connectivity index (χ1) is 25.2. The van der Waals surface area contributed by atoms with E-state index in [-0.39, 0.29) is 10.8 Å². The molecule has 53 heavy (non-hydrogen) atoms. The summed E-state index contributed by atoms with van der Waals surface area (Å²) in [5.74, 6) is 1.20. The van der Waals surface area contributed by atoms with Crippen LogP contribution in [0.2, 0.25) is 0 Å².